The van der Waals surface area contributed by atoms with Crippen molar-refractivity contribution in [2.24, 2.45) is 10.1 Å². The molecule has 0 aromatic heterocycles. The Morgan fingerprint density at radius 3 is 2.58 bits per heavy atom. The van der Waals surface area contributed by atoms with Crippen LogP contribution in [-0.4, -0.2) is 28.9 Å². The third-order valence-corrected chi connectivity index (χ3v) is 3.22. The Labute approximate surface area is 150 Å². The van der Waals surface area contributed by atoms with Crippen molar-refractivity contribution in [3.05, 3.63) is 64.7 Å². The fourth-order valence-corrected chi connectivity index (χ4v) is 2.03. The number of benzene rings is 2. The predicted octanol–water partition coefficient (Wildman–Crippen LogP) is 3.72. The van der Waals surface area contributed by atoms with Gasteiger partial charge in [-0.2, -0.15) is 5.10 Å². The Bertz CT molecular complexity index is 847. The molecule has 2 aromatic rings. The van der Waals surface area contributed by atoms with Crippen LogP contribution in [0.1, 0.15) is 13.8 Å². The number of hydrogen-bond acceptors (Lipinski definition) is 7. The predicted molar refractivity (Wildman–Crippen MR) is 100.0 cm³/mol. The summed E-state index contributed by atoms with van der Waals surface area (Å²) in [5, 5.41) is 14.9. The van der Waals surface area contributed by atoms with E-state index in [0.29, 0.717) is 17.1 Å². The van der Waals surface area contributed by atoms with Crippen molar-refractivity contribution in [1.82, 2.24) is 0 Å². The summed E-state index contributed by atoms with van der Waals surface area (Å²) in [6.45, 7) is 3.51. The minimum Gasteiger partial charge on any atom is -0.461 e. The summed E-state index contributed by atoms with van der Waals surface area (Å²) in [6, 6.07) is 14.9. The first-order valence-corrected chi connectivity index (χ1v) is 7.87. The van der Waals surface area contributed by atoms with E-state index in [0.717, 1.165) is 0 Å². The second-order valence-corrected chi connectivity index (χ2v) is 5.13. The molecule has 0 aliphatic rings. The van der Waals surface area contributed by atoms with Crippen LogP contribution in [0.25, 0.3) is 0 Å². The number of carbonyl (C=O) groups excluding carboxylic acids is 1. The van der Waals surface area contributed by atoms with E-state index >= 15 is 0 Å². The molecule has 0 aliphatic carbocycles. The van der Waals surface area contributed by atoms with Crippen LogP contribution in [0.4, 0.5) is 17.1 Å². The zero-order valence-electron chi connectivity index (χ0n) is 14.4. The van der Waals surface area contributed by atoms with Gasteiger partial charge in [0.1, 0.15) is 0 Å². The highest BCUT2D eigenvalue weighted by Gasteiger charge is 2.17. The molecular formula is C18H18N4O4. The number of esters is 1. The molecule has 0 spiro atoms. The van der Waals surface area contributed by atoms with Gasteiger partial charge in [0.2, 0.25) is 0 Å². The Hall–Kier alpha value is -3.55. The second-order valence-electron chi connectivity index (χ2n) is 5.13. The van der Waals surface area contributed by atoms with E-state index in [9.17, 15) is 14.9 Å². The first kappa shape index (κ1) is 18.8. The first-order valence-electron chi connectivity index (χ1n) is 7.87. The van der Waals surface area contributed by atoms with Crippen LogP contribution in [-0.2, 0) is 9.53 Å². The molecule has 8 heteroatoms. The Morgan fingerprint density at radius 2 is 1.92 bits per heavy atom. The van der Waals surface area contributed by atoms with Crippen molar-refractivity contribution >= 4 is 34.5 Å². The third-order valence-electron chi connectivity index (χ3n) is 3.22. The van der Waals surface area contributed by atoms with E-state index in [4.69, 9.17) is 4.74 Å². The number of hydrogen-bond donors (Lipinski definition) is 1. The van der Waals surface area contributed by atoms with E-state index < -0.39 is 10.9 Å². The van der Waals surface area contributed by atoms with Gasteiger partial charge in [-0.3, -0.25) is 20.5 Å². The average Bonchev–Trinajstić information content (AvgIpc) is 2.63. The summed E-state index contributed by atoms with van der Waals surface area (Å²) < 4.78 is 5.01. The van der Waals surface area contributed by atoms with E-state index in [2.05, 4.69) is 15.5 Å². The van der Waals surface area contributed by atoms with Gasteiger partial charge in [-0.25, -0.2) is 4.79 Å². The lowest BCUT2D eigenvalue weighted by molar-refractivity contribution is -0.384. The summed E-state index contributed by atoms with van der Waals surface area (Å²) in [6.07, 6.45) is 0. The van der Waals surface area contributed by atoms with Crippen molar-refractivity contribution in [1.29, 1.82) is 0 Å². The molecule has 0 fully saturated rings. The molecule has 0 saturated heterocycles. The molecular weight excluding hydrogens is 336 g/mol. The lowest BCUT2D eigenvalue weighted by atomic mass is 10.2. The monoisotopic (exact) mass is 354 g/mol. The van der Waals surface area contributed by atoms with Gasteiger partial charge in [-0.05, 0) is 32.0 Å². The SMILES string of the molecule is CCOC(=O)C(=NNc1cccc([N+](=O)[O-])c1)C(C)=Nc1ccccc1. The highest BCUT2D eigenvalue weighted by molar-refractivity contribution is 6.65. The number of nitrogens with zero attached hydrogens (tertiary/aromatic N) is 3. The number of nitro groups is 1. The van der Waals surface area contributed by atoms with Gasteiger partial charge in [-0.15, -0.1) is 0 Å². The minimum atomic E-state index is -0.636. The molecule has 2 aromatic carbocycles. The molecule has 26 heavy (non-hydrogen) atoms. The smallest absolute Gasteiger partial charge is 0.360 e. The number of anilines is 1. The molecule has 0 amide bonds. The molecule has 0 radical (unpaired) electrons. The van der Waals surface area contributed by atoms with Crippen LogP contribution in [0, 0.1) is 10.1 Å². The van der Waals surface area contributed by atoms with Crippen molar-refractivity contribution in [3.8, 4) is 0 Å². The Morgan fingerprint density at radius 1 is 1.19 bits per heavy atom. The van der Waals surface area contributed by atoms with Gasteiger partial charge in [0.25, 0.3) is 5.69 Å². The fourth-order valence-electron chi connectivity index (χ4n) is 2.03. The quantitative estimate of drug-likeness (QED) is 0.353. The maximum Gasteiger partial charge on any atom is 0.360 e. The number of ether oxygens (including phenoxy) is 1. The summed E-state index contributed by atoms with van der Waals surface area (Å²) in [7, 11) is 0. The number of nitrogens with one attached hydrogen (secondary N) is 1. The zero-order valence-corrected chi connectivity index (χ0v) is 14.4. The molecule has 0 atom stereocenters. The standard InChI is InChI=1S/C18H18N4O4/c1-3-26-18(23)17(13(2)19-14-8-5-4-6-9-14)21-20-15-10-7-11-16(12-15)22(24)25/h4-12,20H,3H2,1-2H3. The molecule has 134 valence electrons. The summed E-state index contributed by atoms with van der Waals surface area (Å²) in [5.74, 6) is -0.636. The summed E-state index contributed by atoms with van der Waals surface area (Å²) in [5.41, 5.74) is 3.94. The average molecular weight is 354 g/mol. The van der Waals surface area contributed by atoms with Gasteiger partial charge in [-0.1, -0.05) is 24.3 Å². The molecule has 0 aliphatic heterocycles. The van der Waals surface area contributed by atoms with Crippen molar-refractivity contribution in [2.45, 2.75) is 13.8 Å². The second kappa shape index (κ2) is 9.07. The lowest BCUT2D eigenvalue weighted by Gasteiger charge is -2.07. The van der Waals surface area contributed by atoms with Crippen molar-refractivity contribution in [2.75, 3.05) is 12.0 Å². The molecule has 2 rings (SSSR count). The Kier molecular flexibility index (Phi) is 6.55. The zero-order chi connectivity index (χ0) is 18.9. The van der Waals surface area contributed by atoms with E-state index in [1.807, 2.05) is 18.2 Å². The third kappa shape index (κ3) is 5.23. The highest BCUT2D eigenvalue weighted by atomic mass is 16.6. The number of hydrazone groups is 1. The molecule has 1 N–H and O–H groups in total. The number of carbonyl (C=O) groups is 1. The maximum atomic E-state index is 12.2. The number of para-hydroxylation sites is 1. The number of nitro benzene ring substituents is 1. The van der Waals surface area contributed by atoms with Gasteiger partial charge in [0, 0.05) is 12.1 Å². The summed E-state index contributed by atoms with van der Waals surface area (Å²) in [4.78, 5) is 26.9. The molecule has 8 nitrogen and oxygen atoms in total. The van der Waals surface area contributed by atoms with Gasteiger partial charge >= 0.3 is 5.97 Å². The number of rotatable bonds is 7. The van der Waals surface area contributed by atoms with Gasteiger partial charge < -0.3 is 4.74 Å². The number of non-ortho nitro benzene ring substituents is 1. The van der Waals surface area contributed by atoms with Crippen LogP contribution in [0.3, 0.4) is 0 Å². The van der Waals surface area contributed by atoms with E-state index in [-0.39, 0.29) is 18.0 Å². The number of aliphatic imine (C=N–C) groups is 1. The fraction of sp³-hybridized carbons (Fsp3) is 0.167. The molecule has 0 heterocycles. The highest BCUT2D eigenvalue weighted by Crippen LogP contribution is 2.17. The van der Waals surface area contributed by atoms with Crippen LogP contribution in [0.2, 0.25) is 0 Å². The minimum absolute atomic E-state index is 0.0118. The molecule has 0 unspecified atom stereocenters. The van der Waals surface area contributed by atoms with Crippen LogP contribution in [0.5, 0.6) is 0 Å². The van der Waals surface area contributed by atoms with E-state index in [1.165, 1.54) is 18.2 Å². The van der Waals surface area contributed by atoms with Gasteiger partial charge in [0.15, 0.2) is 5.71 Å². The maximum absolute atomic E-state index is 12.2. The largest absolute Gasteiger partial charge is 0.461 e. The van der Waals surface area contributed by atoms with Crippen molar-refractivity contribution in [3.63, 3.8) is 0 Å². The topological polar surface area (TPSA) is 106 Å². The first-order chi connectivity index (χ1) is 12.5. The van der Waals surface area contributed by atoms with Crippen LogP contribution < -0.4 is 5.43 Å². The van der Waals surface area contributed by atoms with Crippen molar-refractivity contribution < 1.29 is 14.5 Å². The molecule has 0 saturated carbocycles. The van der Waals surface area contributed by atoms with Crippen LogP contribution >= 0.6 is 0 Å². The summed E-state index contributed by atoms with van der Waals surface area (Å²) >= 11 is 0. The molecule has 0 bridgehead atoms. The Balaban J connectivity index is 2.31. The van der Waals surface area contributed by atoms with Gasteiger partial charge in [0.05, 0.1) is 28.6 Å². The van der Waals surface area contributed by atoms with E-state index in [1.54, 1.807) is 32.0 Å². The van der Waals surface area contributed by atoms with Crippen LogP contribution in [0.15, 0.2) is 64.7 Å². The lowest BCUT2D eigenvalue weighted by Crippen LogP contribution is -2.25. The normalized spacial score (nSPS) is 11.8.